The lowest BCUT2D eigenvalue weighted by Crippen LogP contribution is -2.11. The van der Waals surface area contributed by atoms with Crippen molar-refractivity contribution in [2.75, 3.05) is 11.2 Å². The van der Waals surface area contributed by atoms with Crippen LogP contribution >= 0.6 is 22.9 Å². The summed E-state index contributed by atoms with van der Waals surface area (Å²) in [5, 5.41) is 2.84. The summed E-state index contributed by atoms with van der Waals surface area (Å²) in [6.07, 6.45) is 1.17. The Morgan fingerprint density at radius 3 is 3.19 bits per heavy atom. The summed E-state index contributed by atoms with van der Waals surface area (Å²) in [5.74, 6) is 0.519. The Morgan fingerprint density at radius 1 is 1.50 bits per heavy atom. The number of aromatic nitrogens is 1. The molecule has 0 saturated carbocycles. The molecule has 0 unspecified atom stereocenters. The van der Waals surface area contributed by atoms with Crippen LogP contribution in [0.15, 0.2) is 23.7 Å². The maximum absolute atomic E-state index is 11.5. The Morgan fingerprint density at radius 2 is 2.38 bits per heavy atom. The number of carbonyl (C=O) groups is 1. The molecule has 2 rings (SSSR count). The Bertz CT molecular complexity index is 497. The van der Waals surface area contributed by atoms with Crippen molar-refractivity contribution in [2.24, 2.45) is 0 Å². The van der Waals surface area contributed by atoms with Crippen molar-refractivity contribution in [2.45, 2.75) is 12.8 Å². The van der Waals surface area contributed by atoms with E-state index in [0.29, 0.717) is 18.7 Å². The van der Waals surface area contributed by atoms with Crippen LogP contribution in [0.25, 0.3) is 10.2 Å². The molecular formula is C11H11ClN2OS. The maximum atomic E-state index is 11.5. The highest BCUT2D eigenvalue weighted by Gasteiger charge is 2.03. The molecule has 0 fully saturated rings. The number of hydrogen-bond acceptors (Lipinski definition) is 3. The minimum absolute atomic E-state index is 0.00418. The Labute approximate surface area is 102 Å². The molecule has 0 aliphatic heterocycles. The van der Waals surface area contributed by atoms with E-state index in [0.717, 1.165) is 15.9 Å². The van der Waals surface area contributed by atoms with Crippen LogP contribution in [0.3, 0.4) is 0 Å². The van der Waals surface area contributed by atoms with Crippen LogP contribution in [0, 0.1) is 0 Å². The van der Waals surface area contributed by atoms with Crippen LogP contribution in [0.2, 0.25) is 0 Å². The molecule has 0 bridgehead atoms. The summed E-state index contributed by atoms with van der Waals surface area (Å²) in [4.78, 5) is 15.6. The minimum atomic E-state index is 0.00418. The van der Waals surface area contributed by atoms with Gasteiger partial charge < -0.3 is 5.32 Å². The maximum Gasteiger partial charge on any atom is 0.224 e. The third-order valence-electron chi connectivity index (χ3n) is 2.15. The molecule has 16 heavy (non-hydrogen) atoms. The smallest absolute Gasteiger partial charge is 0.224 e. The summed E-state index contributed by atoms with van der Waals surface area (Å²) in [6, 6.07) is 5.70. The van der Waals surface area contributed by atoms with Gasteiger partial charge in [0.15, 0.2) is 0 Å². The van der Waals surface area contributed by atoms with Gasteiger partial charge in [-0.2, -0.15) is 0 Å². The van der Waals surface area contributed by atoms with Gasteiger partial charge in [0.05, 0.1) is 15.7 Å². The van der Waals surface area contributed by atoms with Gasteiger partial charge in [-0.25, -0.2) is 4.98 Å². The zero-order chi connectivity index (χ0) is 11.4. The third kappa shape index (κ3) is 2.71. The molecule has 0 radical (unpaired) electrons. The van der Waals surface area contributed by atoms with Crippen molar-refractivity contribution in [1.29, 1.82) is 0 Å². The summed E-state index contributed by atoms with van der Waals surface area (Å²) >= 11 is 7.09. The van der Waals surface area contributed by atoms with Gasteiger partial charge in [-0.3, -0.25) is 4.79 Å². The number of nitrogens with one attached hydrogen (secondary N) is 1. The van der Waals surface area contributed by atoms with Crippen molar-refractivity contribution < 1.29 is 4.79 Å². The fraction of sp³-hybridized carbons (Fsp3) is 0.273. The largest absolute Gasteiger partial charge is 0.326 e. The molecule has 84 valence electrons. The van der Waals surface area contributed by atoms with Crippen LogP contribution in [-0.4, -0.2) is 16.8 Å². The monoisotopic (exact) mass is 254 g/mol. The Balaban J connectivity index is 2.06. The molecule has 0 aliphatic carbocycles. The quantitative estimate of drug-likeness (QED) is 0.851. The molecule has 1 heterocycles. The molecule has 0 aliphatic rings. The van der Waals surface area contributed by atoms with Crippen LogP contribution in [0.4, 0.5) is 5.69 Å². The highest BCUT2D eigenvalue weighted by Crippen LogP contribution is 2.21. The molecule has 0 atom stereocenters. The van der Waals surface area contributed by atoms with E-state index in [1.807, 2.05) is 18.2 Å². The number of nitrogens with zero attached hydrogens (tertiary/aromatic N) is 1. The van der Waals surface area contributed by atoms with E-state index in [9.17, 15) is 4.79 Å². The van der Waals surface area contributed by atoms with Crippen LogP contribution in [-0.2, 0) is 4.79 Å². The first-order valence-electron chi connectivity index (χ1n) is 4.98. The summed E-state index contributed by atoms with van der Waals surface area (Å²) in [6.45, 7) is 0. The summed E-state index contributed by atoms with van der Waals surface area (Å²) in [7, 11) is 0. The van der Waals surface area contributed by atoms with E-state index in [2.05, 4.69) is 10.3 Å². The lowest BCUT2D eigenvalue weighted by Gasteiger charge is -2.03. The fourth-order valence-electron chi connectivity index (χ4n) is 1.38. The lowest BCUT2D eigenvalue weighted by atomic mass is 10.2. The average Bonchev–Trinajstić information content (AvgIpc) is 2.73. The molecule has 1 aromatic carbocycles. The fourth-order valence-corrected chi connectivity index (χ4v) is 2.23. The highest BCUT2D eigenvalue weighted by molar-refractivity contribution is 7.16. The van der Waals surface area contributed by atoms with Gasteiger partial charge in [-0.15, -0.1) is 22.9 Å². The molecule has 2 aromatic rings. The van der Waals surface area contributed by atoms with Crippen LogP contribution in [0.1, 0.15) is 12.8 Å². The van der Waals surface area contributed by atoms with Crippen molar-refractivity contribution in [1.82, 2.24) is 4.98 Å². The Hall–Kier alpha value is -1.13. The zero-order valence-electron chi connectivity index (χ0n) is 8.57. The first kappa shape index (κ1) is 11.4. The third-order valence-corrected chi connectivity index (χ3v) is 3.21. The number of rotatable bonds is 4. The lowest BCUT2D eigenvalue weighted by molar-refractivity contribution is -0.116. The summed E-state index contributed by atoms with van der Waals surface area (Å²) in [5.41, 5.74) is 3.57. The van der Waals surface area contributed by atoms with E-state index in [-0.39, 0.29) is 5.91 Å². The predicted octanol–water partition coefficient (Wildman–Crippen LogP) is 3.25. The first-order chi connectivity index (χ1) is 7.79. The number of alkyl halides is 1. The number of hydrogen-bond donors (Lipinski definition) is 1. The predicted molar refractivity (Wildman–Crippen MR) is 68.2 cm³/mol. The molecule has 1 amide bonds. The van der Waals surface area contributed by atoms with Gasteiger partial charge in [0.1, 0.15) is 0 Å². The number of carbonyl (C=O) groups excluding carboxylic acids is 1. The van der Waals surface area contributed by atoms with Gasteiger partial charge in [-0.1, -0.05) is 0 Å². The number of amides is 1. The highest BCUT2D eigenvalue weighted by atomic mass is 35.5. The number of thiazole rings is 1. The molecule has 0 spiro atoms. The SMILES string of the molecule is O=C(CCCCl)Nc1ccc2ncsc2c1. The van der Waals surface area contributed by atoms with E-state index < -0.39 is 0 Å². The van der Waals surface area contributed by atoms with E-state index in [4.69, 9.17) is 11.6 Å². The molecule has 5 heteroatoms. The first-order valence-corrected chi connectivity index (χ1v) is 6.40. The minimum Gasteiger partial charge on any atom is -0.326 e. The molecule has 1 N–H and O–H groups in total. The Kier molecular flexibility index (Phi) is 3.74. The second-order valence-electron chi connectivity index (χ2n) is 3.38. The van der Waals surface area contributed by atoms with Crippen LogP contribution < -0.4 is 5.32 Å². The molecule has 3 nitrogen and oxygen atoms in total. The van der Waals surface area contributed by atoms with Crippen molar-refractivity contribution in [3.63, 3.8) is 0 Å². The second kappa shape index (κ2) is 5.27. The van der Waals surface area contributed by atoms with E-state index >= 15 is 0 Å². The van der Waals surface area contributed by atoms with Gasteiger partial charge >= 0.3 is 0 Å². The van der Waals surface area contributed by atoms with E-state index in [1.54, 1.807) is 16.8 Å². The number of fused-ring (bicyclic) bond motifs is 1. The van der Waals surface area contributed by atoms with Crippen molar-refractivity contribution in [3.8, 4) is 0 Å². The van der Waals surface area contributed by atoms with Gasteiger partial charge in [0.2, 0.25) is 5.91 Å². The van der Waals surface area contributed by atoms with Crippen molar-refractivity contribution >= 4 is 44.7 Å². The normalized spacial score (nSPS) is 10.6. The molecule has 0 saturated heterocycles. The number of halogens is 1. The summed E-state index contributed by atoms with van der Waals surface area (Å²) < 4.78 is 1.08. The second-order valence-corrected chi connectivity index (χ2v) is 4.64. The topological polar surface area (TPSA) is 42.0 Å². The zero-order valence-corrected chi connectivity index (χ0v) is 10.1. The van der Waals surface area contributed by atoms with Crippen molar-refractivity contribution in [3.05, 3.63) is 23.7 Å². The van der Waals surface area contributed by atoms with E-state index in [1.165, 1.54) is 0 Å². The number of benzene rings is 1. The molecule has 1 aromatic heterocycles. The average molecular weight is 255 g/mol. The number of anilines is 1. The van der Waals surface area contributed by atoms with Gasteiger partial charge in [0, 0.05) is 18.0 Å². The molecular weight excluding hydrogens is 244 g/mol. The van der Waals surface area contributed by atoms with Crippen LogP contribution in [0.5, 0.6) is 0 Å². The standard InChI is InChI=1S/C11H11ClN2OS/c12-5-1-2-11(15)14-8-3-4-9-10(6-8)16-7-13-9/h3-4,6-7H,1-2,5H2,(H,14,15). The van der Waals surface area contributed by atoms with Gasteiger partial charge in [-0.05, 0) is 24.6 Å². The van der Waals surface area contributed by atoms with Gasteiger partial charge in [0.25, 0.3) is 0 Å².